The van der Waals surface area contributed by atoms with Crippen LogP contribution in [0.5, 0.6) is 0 Å². The maximum Gasteiger partial charge on any atom is 0.333 e. The second-order valence-electron chi connectivity index (χ2n) is 8.87. The number of nitrogens with zero attached hydrogens (tertiary/aromatic N) is 2. The molecule has 0 radical (unpaired) electrons. The van der Waals surface area contributed by atoms with Crippen molar-refractivity contribution in [1.82, 2.24) is 14.3 Å². The number of sulfonamides is 1. The minimum absolute atomic E-state index is 0.0375. The van der Waals surface area contributed by atoms with Gasteiger partial charge >= 0.3 is 6.03 Å². The molecule has 0 unspecified atom stereocenters. The fourth-order valence-corrected chi connectivity index (χ4v) is 6.48. The van der Waals surface area contributed by atoms with E-state index in [1.54, 1.807) is 29.9 Å². The third kappa shape index (κ3) is 4.20. The summed E-state index contributed by atoms with van der Waals surface area (Å²) in [4.78, 5) is 12.9. The molecule has 10 heteroatoms. The number of fused-ring (bicyclic) bond motifs is 2. The Labute approximate surface area is 201 Å². The zero-order valence-electron chi connectivity index (χ0n) is 18.7. The monoisotopic (exact) mass is 496 g/mol. The Morgan fingerprint density at radius 1 is 1.18 bits per heavy atom. The number of aromatic nitrogens is 2. The van der Waals surface area contributed by atoms with Gasteiger partial charge in [-0.2, -0.15) is 5.10 Å². The molecule has 0 atom stereocenters. The Morgan fingerprint density at radius 2 is 2.00 bits per heavy atom. The average molecular weight is 497 g/mol. The van der Waals surface area contributed by atoms with Crippen molar-refractivity contribution in [3.05, 3.63) is 70.9 Å². The van der Waals surface area contributed by atoms with E-state index in [0.717, 1.165) is 58.4 Å². The number of hydrogen-bond donors (Lipinski definition) is 3. The van der Waals surface area contributed by atoms with Crippen LogP contribution >= 0.6 is 11.3 Å². The number of anilines is 1. The maximum absolute atomic E-state index is 12.9. The number of nitrogens with one attached hydrogen (secondary N) is 2. The van der Waals surface area contributed by atoms with Crippen LogP contribution in [0.2, 0.25) is 0 Å². The molecular weight excluding hydrogens is 472 g/mol. The summed E-state index contributed by atoms with van der Waals surface area (Å²) < 4.78 is 29.5. The van der Waals surface area contributed by atoms with Crippen molar-refractivity contribution >= 4 is 38.6 Å². The van der Waals surface area contributed by atoms with Crippen LogP contribution in [0.25, 0.3) is 16.6 Å². The first-order valence-corrected chi connectivity index (χ1v) is 13.2. The molecule has 0 saturated carbocycles. The Bertz CT molecular complexity index is 1510. The first kappa shape index (κ1) is 22.6. The molecule has 0 aliphatic heterocycles. The van der Waals surface area contributed by atoms with Crippen LogP contribution < -0.4 is 10.0 Å². The summed E-state index contributed by atoms with van der Waals surface area (Å²) in [6, 6.07) is 10.4. The SMILES string of the molecule is CC(C)(O)c1csc(S(=O)(=O)NC(=O)Nc2c(-c3ccn4nccc4c3)ccc3c2CCC3)c1. The number of urea groups is 1. The van der Waals surface area contributed by atoms with E-state index >= 15 is 0 Å². The van der Waals surface area contributed by atoms with Gasteiger partial charge in [0.1, 0.15) is 4.21 Å². The predicted molar refractivity (Wildman–Crippen MR) is 132 cm³/mol. The molecule has 3 N–H and O–H groups in total. The lowest BCUT2D eigenvalue weighted by Gasteiger charge is -2.17. The summed E-state index contributed by atoms with van der Waals surface area (Å²) in [5, 5.41) is 18.7. The van der Waals surface area contributed by atoms with E-state index in [9.17, 15) is 18.3 Å². The van der Waals surface area contributed by atoms with E-state index in [-0.39, 0.29) is 4.21 Å². The summed E-state index contributed by atoms with van der Waals surface area (Å²) in [6.07, 6.45) is 6.27. The predicted octanol–water partition coefficient (Wildman–Crippen LogP) is 4.29. The van der Waals surface area contributed by atoms with E-state index in [0.29, 0.717) is 11.3 Å². The first-order chi connectivity index (χ1) is 16.1. The number of rotatable bonds is 5. The van der Waals surface area contributed by atoms with Gasteiger partial charge in [0.25, 0.3) is 10.0 Å². The Hall–Kier alpha value is -3.21. The minimum atomic E-state index is -4.10. The zero-order valence-corrected chi connectivity index (χ0v) is 20.3. The van der Waals surface area contributed by atoms with Crippen molar-refractivity contribution in [2.45, 2.75) is 42.9 Å². The molecule has 3 heterocycles. The molecule has 0 bridgehead atoms. The molecule has 34 heavy (non-hydrogen) atoms. The smallest absolute Gasteiger partial charge is 0.333 e. The molecule has 0 spiro atoms. The quantitative estimate of drug-likeness (QED) is 0.382. The van der Waals surface area contributed by atoms with Gasteiger partial charge in [0.15, 0.2) is 0 Å². The largest absolute Gasteiger partial charge is 0.386 e. The third-order valence-electron chi connectivity index (χ3n) is 6.01. The van der Waals surface area contributed by atoms with Crippen LogP contribution in [0.15, 0.2) is 58.4 Å². The highest BCUT2D eigenvalue weighted by Crippen LogP contribution is 2.38. The second kappa shape index (κ2) is 8.23. The molecule has 1 aliphatic rings. The van der Waals surface area contributed by atoms with Gasteiger partial charge in [0.2, 0.25) is 0 Å². The van der Waals surface area contributed by atoms with E-state index in [1.165, 1.54) is 6.07 Å². The molecule has 5 rings (SSSR count). The van der Waals surface area contributed by atoms with E-state index in [2.05, 4.69) is 21.2 Å². The minimum Gasteiger partial charge on any atom is -0.386 e. The van der Waals surface area contributed by atoms with Crippen molar-refractivity contribution in [2.75, 3.05) is 5.32 Å². The standard InChI is InChI=1S/C24H24N4O4S2/c1-24(2,30)17-13-21(33-14-17)34(31,32)27-23(29)26-22-19-5-3-4-15(19)6-7-20(22)16-9-11-28-18(12-16)8-10-25-28/h6-14,30H,3-5H2,1-2H3,(H2,26,27,29). The number of carbonyl (C=O) groups is 1. The molecule has 1 aliphatic carbocycles. The van der Waals surface area contributed by atoms with E-state index < -0.39 is 21.7 Å². The van der Waals surface area contributed by atoms with Crippen LogP contribution in [0, 0.1) is 0 Å². The number of benzene rings is 1. The van der Waals surface area contributed by atoms with Crippen molar-refractivity contribution in [1.29, 1.82) is 0 Å². The van der Waals surface area contributed by atoms with E-state index in [4.69, 9.17) is 0 Å². The van der Waals surface area contributed by atoms with Gasteiger partial charge in [0.05, 0.1) is 16.8 Å². The van der Waals surface area contributed by atoms with Crippen LogP contribution in [-0.2, 0) is 28.5 Å². The third-order valence-corrected chi connectivity index (χ3v) is 8.78. The lowest BCUT2D eigenvalue weighted by Crippen LogP contribution is -2.34. The highest BCUT2D eigenvalue weighted by Gasteiger charge is 2.26. The van der Waals surface area contributed by atoms with Gasteiger partial charge in [-0.1, -0.05) is 12.1 Å². The number of carbonyl (C=O) groups excluding carboxylic acids is 1. The Morgan fingerprint density at radius 3 is 2.76 bits per heavy atom. The number of thiophene rings is 1. The topological polar surface area (TPSA) is 113 Å². The first-order valence-electron chi connectivity index (χ1n) is 10.9. The lowest BCUT2D eigenvalue weighted by molar-refractivity contribution is 0.0789. The second-order valence-corrected chi connectivity index (χ2v) is 11.7. The molecule has 1 aromatic carbocycles. The average Bonchev–Trinajstić information content (AvgIpc) is 3.52. The molecule has 176 valence electrons. The van der Waals surface area contributed by atoms with E-state index in [1.807, 2.05) is 30.5 Å². The maximum atomic E-state index is 12.9. The number of aryl methyl sites for hydroxylation is 1. The zero-order chi connectivity index (χ0) is 24.1. The molecule has 0 fully saturated rings. The van der Waals surface area contributed by atoms with Crippen molar-refractivity contribution in [2.24, 2.45) is 0 Å². The number of amides is 2. The van der Waals surface area contributed by atoms with Gasteiger partial charge in [-0.25, -0.2) is 22.4 Å². The molecule has 4 aromatic rings. The van der Waals surface area contributed by atoms with Gasteiger partial charge in [0, 0.05) is 18.0 Å². The Kier molecular flexibility index (Phi) is 5.46. The van der Waals surface area contributed by atoms with Crippen LogP contribution in [0.4, 0.5) is 10.5 Å². The van der Waals surface area contributed by atoms with Gasteiger partial charge in [-0.15, -0.1) is 11.3 Å². The van der Waals surface area contributed by atoms with Crippen molar-refractivity contribution in [3.63, 3.8) is 0 Å². The Balaban J connectivity index is 1.46. The number of hydrogen-bond acceptors (Lipinski definition) is 6. The van der Waals surface area contributed by atoms with Crippen molar-refractivity contribution in [3.8, 4) is 11.1 Å². The fourth-order valence-electron chi connectivity index (χ4n) is 4.23. The van der Waals surface area contributed by atoms with Crippen LogP contribution in [-0.4, -0.2) is 29.2 Å². The molecule has 0 saturated heterocycles. The van der Waals surface area contributed by atoms with Crippen LogP contribution in [0.3, 0.4) is 0 Å². The summed E-state index contributed by atoms with van der Waals surface area (Å²) >= 11 is 0.955. The van der Waals surface area contributed by atoms with Crippen molar-refractivity contribution < 1.29 is 18.3 Å². The molecule has 2 amide bonds. The fraction of sp³-hybridized carbons (Fsp3) is 0.250. The number of aliphatic hydroxyl groups is 1. The van der Waals surface area contributed by atoms with Gasteiger partial charge in [-0.3, -0.25) is 0 Å². The summed E-state index contributed by atoms with van der Waals surface area (Å²) in [6.45, 7) is 3.15. The normalized spacial score (nSPS) is 13.7. The highest BCUT2D eigenvalue weighted by molar-refractivity contribution is 7.92. The summed E-state index contributed by atoms with van der Waals surface area (Å²) in [7, 11) is -4.10. The molecule has 8 nitrogen and oxygen atoms in total. The number of pyridine rings is 1. The molecular formula is C24H24N4O4S2. The van der Waals surface area contributed by atoms with Crippen LogP contribution in [0.1, 0.15) is 37.0 Å². The van der Waals surface area contributed by atoms with Gasteiger partial charge in [-0.05, 0) is 85.0 Å². The van der Waals surface area contributed by atoms with Gasteiger partial charge < -0.3 is 10.4 Å². The summed E-state index contributed by atoms with van der Waals surface area (Å²) in [5.74, 6) is 0. The lowest BCUT2D eigenvalue weighted by atomic mass is 9.97. The summed E-state index contributed by atoms with van der Waals surface area (Å²) in [5.41, 5.74) is 4.72. The highest BCUT2D eigenvalue weighted by atomic mass is 32.2. The molecule has 3 aromatic heterocycles.